The zero-order valence-corrected chi connectivity index (χ0v) is 12.7. The molecule has 2 N–H and O–H groups in total. The van der Waals surface area contributed by atoms with Crippen LogP contribution in [-0.2, 0) is 0 Å². The number of rotatable bonds is 3. The van der Waals surface area contributed by atoms with Gasteiger partial charge in [-0.3, -0.25) is 0 Å². The normalized spacial score (nSPS) is 10.3. The van der Waals surface area contributed by atoms with Gasteiger partial charge in [0.15, 0.2) is 11.6 Å². The van der Waals surface area contributed by atoms with E-state index in [1.807, 2.05) is 0 Å². The molecular formula is C13H8BrClFNOS. The van der Waals surface area contributed by atoms with Crippen LogP contribution in [0.4, 0.5) is 4.39 Å². The zero-order chi connectivity index (χ0) is 14.0. The molecule has 2 rings (SSSR count). The van der Waals surface area contributed by atoms with Gasteiger partial charge in [0, 0.05) is 10.0 Å². The lowest BCUT2D eigenvalue weighted by Crippen LogP contribution is -2.09. The maximum atomic E-state index is 13.8. The molecule has 0 bridgehead atoms. The molecule has 0 saturated heterocycles. The van der Waals surface area contributed by atoms with E-state index in [0.29, 0.717) is 16.3 Å². The highest BCUT2D eigenvalue weighted by atomic mass is 79.9. The largest absolute Gasteiger partial charge is 0.453 e. The molecule has 0 saturated carbocycles. The molecule has 2 aromatic carbocycles. The first-order valence-electron chi connectivity index (χ1n) is 5.19. The average Bonchev–Trinajstić information content (AvgIpc) is 2.36. The van der Waals surface area contributed by atoms with Crippen LogP contribution in [0.1, 0.15) is 5.56 Å². The van der Waals surface area contributed by atoms with E-state index in [9.17, 15) is 4.39 Å². The first kappa shape index (κ1) is 14.2. The van der Waals surface area contributed by atoms with Crippen LogP contribution in [-0.4, -0.2) is 4.99 Å². The van der Waals surface area contributed by atoms with Crippen molar-refractivity contribution in [2.75, 3.05) is 0 Å². The van der Waals surface area contributed by atoms with E-state index in [4.69, 9.17) is 34.3 Å². The van der Waals surface area contributed by atoms with Crippen LogP contribution in [0.3, 0.4) is 0 Å². The van der Waals surface area contributed by atoms with Gasteiger partial charge in [0.25, 0.3) is 0 Å². The van der Waals surface area contributed by atoms with E-state index in [-0.39, 0.29) is 10.7 Å². The van der Waals surface area contributed by atoms with Crippen molar-refractivity contribution in [3.05, 3.63) is 57.3 Å². The van der Waals surface area contributed by atoms with E-state index in [2.05, 4.69) is 15.9 Å². The number of hydrogen-bond acceptors (Lipinski definition) is 2. The van der Waals surface area contributed by atoms with Crippen LogP contribution in [0, 0.1) is 5.82 Å². The Balaban J connectivity index is 2.33. The van der Waals surface area contributed by atoms with E-state index in [1.54, 1.807) is 24.3 Å². The summed E-state index contributed by atoms with van der Waals surface area (Å²) < 4.78 is 20.1. The van der Waals surface area contributed by atoms with Crippen molar-refractivity contribution in [3.8, 4) is 11.5 Å². The summed E-state index contributed by atoms with van der Waals surface area (Å²) in [4.78, 5) is 0.130. The lowest BCUT2D eigenvalue weighted by molar-refractivity contribution is 0.442. The molecular weight excluding hydrogens is 353 g/mol. The van der Waals surface area contributed by atoms with Crippen molar-refractivity contribution in [3.63, 3.8) is 0 Å². The van der Waals surface area contributed by atoms with Crippen molar-refractivity contribution in [2.24, 2.45) is 5.73 Å². The molecule has 0 unspecified atom stereocenters. The minimum absolute atomic E-state index is 0.0556. The second kappa shape index (κ2) is 5.86. The van der Waals surface area contributed by atoms with Gasteiger partial charge in [0.05, 0.1) is 5.02 Å². The van der Waals surface area contributed by atoms with Crippen molar-refractivity contribution < 1.29 is 9.13 Å². The van der Waals surface area contributed by atoms with Crippen LogP contribution < -0.4 is 10.5 Å². The Kier molecular flexibility index (Phi) is 4.39. The third-order valence-electron chi connectivity index (χ3n) is 2.33. The molecule has 0 amide bonds. The second-order valence-electron chi connectivity index (χ2n) is 3.69. The smallest absolute Gasteiger partial charge is 0.166 e. The average molecular weight is 361 g/mol. The summed E-state index contributed by atoms with van der Waals surface area (Å²) in [6, 6.07) is 9.35. The fourth-order valence-corrected chi connectivity index (χ4v) is 2.03. The van der Waals surface area contributed by atoms with Crippen molar-refractivity contribution >= 4 is 44.7 Å². The fraction of sp³-hybridized carbons (Fsp3) is 0. The Morgan fingerprint density at radius 2 is 1.95 bits per heavy atom. The minimum Gasteiger partial charge on any atom is -0.453 e. The number of halogens is 3. The van der Waals surface area contributed by atoms with Crippen molar-refractivity contribution in [1.82, 2.24) is 0 Å². The van der Waals surface area contributed by atoms with E-state index < -0.39 is 5.82 Å². The maximum absolute atomic E-state index is 13.8. The quantitative estimate of drug-likeness (QED) is 0.808. The highest BCUT2D eigenvalue weighted by Gasteiger charge is 2.10. The molecule has 0 aliphatic heterocycles. The molecule has 98 valence electrons. The predicted molar refractivity (Wildman–Crippen MR) is 81.5 cm³/mol. The molecule has 0 radical (unpaired) electrons. The van der Waals surface area contributed by atoms with E-state index >= 15 is 0 Å². The molecule has 0 aliphatic carbocycles. The molecule has 0 spiro atoms. The van der Waals surface area contributed by atoms with Gasteiger partial charge in [-0.05, 0) is 36.4 Å². The van der Waals surface area contributed by atoms with Crippen LogP contribution in [0.5, 0.6) is 11.5 Å². The van der Waals surface area contributed by atoms with Crippen LogP contribution in [0.15, 0.2) is 40.9 Å². The summed E-state index contributed by atoms with van der Waals surface area (Å²) in [5, 5.41) is 0.390. The third kappa shape index (κ3) is 3.43. The fourth-order valence-electron chi connectivity index (χ4n) is 1.41. The van der Waals surface area contributed by atoms with Gasteiger partial charge in [-0.1, -0.05) is 39.7 Å². The number of nitrogens with two attached hydrogens (primary N) is 1. The van der Waals surface area contributed by atoms with Crippen LogP contribution in [0.25, 0.3) is 0 Å². The van der Waals surface area contributed by atoms with E-state index in [0.717, 1.165) is 4.47 Å². The second-order valence-corrected chi connectivity index (χ2v) is 5.45. The van der Waals surface area contributed by atoms with Crippen molar-refractivity contribution in [1.29, 1.82) is 0 Å². The molecule has 6 heteroatoms. The Morgan fingerprint density at radius 1 is 1.21 bits per heavy atom. The van der Waals surface area contributed by atoms with Gasteiger partial charge < -0.3 is 10.5 Å². The van der Waals surface area contributed by atoms with Gasteiger partial charge in [-0.15, -0.1) is 0 Å². The van der Waals surface area contributed by atoms with Crippen molar-refractivity contribution in [2.45, 2.75) is 0 Å². The van der Waals surface area contributed by atoms with Crippen LogP contribution in [0.2, 0.25) is 5.02 Å². The molecule has 0 aromatic heterocycles. The Labute approximate surface area is 128 Å². The molecule has 0 atom stereocenters. The van der Waals surface area contributed by atoms with Gasteiger partial charge in [-0.2, -0.15) is 0 Å². The molecule has 0 aliphatic rings. The Hall–Kier alpha value is -1.17. The lowest BCUT2D eigenvalue weighted by Gasteiger charge is -2.09. The SMILES string of the molecule is NC(=S)c1ccc(Oc2cc(Br)ccc2Cl)c(F)c1. The van der Waals surface area contributed by atoms with E-state index in [1.165, 1.54) is 12.1 Å². The summed E-state index contributed by atoms with van der Waals surface area (Å²) in [5.74, 6) is -0.139. The molecule has 19 heavy (non-hydrogen) atoms. The molecule has 0 fully saturated rings. The van der Waals surface area contributed by atoms with Gasteiger partial charge >= 0.3 is 0 Å². The Morgan fingerprint density at radius 3 is 2.58 bits per heavy atom. The first-order chi connectivity index (χ1) is 8.97. The number of thiocarbonyl (C=S) groups is 1. The molecule has 2 aromatic rings. The topological polar surface area (TPSA) is 35.2 Å². The highest BCUT2D eigenvalue weighted by Crippen LogP contribution is 2.33. The maximum Gasteiger partial charge on any atom is 0.166 e. The van der Waals surface area contributed by atoms with Gasteiger partial charge in [0.2, 0.25) is 0 Å². The summed E-state index contributed by atoms with van der Waals surface area (Å²) >= 11 is 14.0. The van der Waals surface area contributed by atoms with Gasteiger partial charge in [0.1, 0.15) is 10.7 Å². The zero-order valence-electron chi connectivity index (χ0n) is 9.49. The highest BCUT2D eigenvalue weighted by molar-refractivity contribution is 9.10. The Bertz CT molecular complexity index is 651. The number of ether oxygens (including phenoxy) is 1. The number of benzene rings is 2. The molecule has 2 nitrogen and oxygen atoms in total. The monoisotopic (exact) mass is 359 g/mol. The van der Waals surface area contributed by atoms with Crippen LogP contribution >= 0.6 is 39.7 Å². The predicted octanol–water partition coefficient (Wildman–Crippen LogP) is 4.67. The molecule has 0 heterocycles. The summed E-state index contributed by atoms with van der Waals surface area (Å²) in [7, 11) is 0. The third-order valence-corrected chi connectivity index (χ3v) is 3.37. The first-order valence-corrected chi connectivity index (χ1v) is 6.77. The standard InChI is InChI=1S/C13H8BrClFNOS/c14-8-2-3-9(15)12(6-8)18-11-4-1-7(13(17)19)5-10(11)16/h1-6H,(H2,17,19). The van der Waals surface area contributed by atoms with Gasteiger partial charge in [-0.25, -0.2) is 4.39 Å². The summed E-state index contributed by atoms with van der Waals surface area (Å²) in [6.07, 6.45) is 0. The number of hydrogen-bond donors (Lipinski definition) is 1. The minimum atomic E-state index is -0.554. The lowest BCUT2D eigenvalue weighted by atomic mass is 10.2. The summed E-state index contributed by atoms with van der Waals surface area (Å²) in [5.41, 5.74) is 5.87. The summed E-state index contributed by atoms with van der Waals surface area (Å²) in [6.45, 7) is 0.